The van der Waals surface area contributed by atoms with Gasteiger partial charge < -0.3 is 24.6 Å². The summed E-state index contributed by atoms with van der Waals surface area (Å²) in [7, 11) is 1.61. The van der Waals surface area contributed by atoms with E-state index in [1.807, 2.05) is 6.92 Å². The molecule has 0 spiro atoms. The largest absolute Gasteiger partial charge is 0.388 e. The van der Waals surface area contributed by atoms with Crippen LogP contribution in [0.4, 0.5) is 5.82 Å². The van der Waals surface area contributed by atoms with E-state index in [-0.39, 0.29) is 5.91 Å². The number of likely N-dealkylation sites (tertiary alicyclic amines) is 1. The Hall–Kier alpha value is -2.09. The predicted octanol–water partition coefficient (Wildman–Crippen LogP) is 3.43. The van der Waals surface area contributed by atoms with E-state index in [1.165, 1.54) is 0 Å². The van der Waals surface area contributed by atoms with Crippen molar-refractivity contribution < 1.29 is 19.2 Å². The van der Waals surface area contributed by atoms with Gasteiger partial charge in [-0.05, 0) is 43.5 Å². The first-order chi connectivity index (χ1) is 13.5. The number of carbonyl (C=O) groups is 1. The number of methoxy groups -OCH3 is 1. The van der Waals surface area contributed by atoms with Crippen LogP contribution in [0, 0.1) is 0 Å². The number of ether oxygens (including phenoxy) is 1. The highest BCUT2D eigenvalue weighted by atomic mass is 35.5. The molecule has 1 fully saturated rings. The number of piperidine rings is 1. The van der Waals surface area contributed by atoms with Crippen molar-refractivity contribution in [2.75, 3.05) is 38.7 Å². The van der Waals surface area contributed by atoms with Gasteiger partial charge in [0.15, 0.2) is 11.6 Å². The third kappa shape index (κ3) is 4.48. The highest BCUT2D eigenvalue weighted by Gasteiger charge is 2.36. The summed E-state index contributed by atoms with van der Waals surface area (Å²) in [6, 6.07) is 7.05. The zero-order valence-electron chi connectivity index (χ0n) is 16.2. The number of amides is 1. The first-order valence-corrected chi connectivity index (χ1v) is 9.85. The molecule has 3 rings (SSSR count). The fourth-order valence-corrected chi connectivity index (χ4v) is 3.54. The van der Waals surface area contributed by atoms with Crippen molar-refractivity contribution in [3.05, 3.63) is 34.9 Å². The molecule has 1 saturated heterocycles. The monoisotopic (exact) mass is 407 g/mol. The minimum atomic E-state index is -0.852. The Kier molecular flexibility index (Phi) is 6.59. The van der Waals surface area contributed by atoms with Crippen LogP contribution in [0.25, 0.3) is 11.3 Å². The quantitative estimate of drug-likeness (QED) is 0.683. The number of aromatic nitrogens is 1. The molecule has 1 aromatic carbocycles. The average Bonchev–Trinajstić information content (AvgIpc) is 3.12. The zero-order chi connectivity index (χ0) is 20.1. The lowest BCUT2D eigenvalue weighted by Gasteiger charge is -2.38. The molecule has 0 aliphatic carbocycles. The van der Waals surface area contributed by atoms with Crippen LogP contribution in [0.3, 0.4) is 0 Å². The van der Waals surface area contributed by atoms with E-state index in [0.29, 0.717) is 66.8 Å². The van der Waals surface area contributed by atoms with Gasteiger partial charge in [-0.25, -0.2) is 0 Å². The van der Waals surface area contributed by atoms with E-state index < -0.39 is 5.60 Å². The number of nitrogens with one attached hydrogen (secondary N) is 1. The van der Waals surface area contributed by atoms with Crippen molar-refractivity contribution in [2.24, 2.45) is 0 Å². The molecule has 1 amide bonds. The van der Waals surface area contributed by atoms with Crippen molar-refractivity contribution in [3.8, 4) is 11.3 Å². The molecule has 0 saturated carbocycles. The van der Waals surface area contributed by atoms with E-state index in [2.05, 4.69) is 10.5 Å². The Morgan fingerprint density at radius 2 is 2.18 bits per heavy atom. The van der Waals surface area contributed by atoms with Gasteiger partial charge in [-0.2, -0.15) is 0 Å². The van der Waals surface area contributed by atoms with Gasteiger partial charge in [0, 0.05) is 37.3 Å². The maximum Gasteiger partial charge on any atom is 0.261 e. The summed E-state index contributed by atoms with van der Waals surface area (Å²) in [5.74, 6) is 0.544. The summed E-state index contributed by atoms with van der Waals surface area (Å²) in [5, 5.41) is 18.5. The maximum atomic E-state index is 13.4. The fourth-order valence-electron chi connectivity index (χ4n) is 3.41. The number of aliphatic hydroxyl groups is 1. The van der Waals surface area contributed by atoms with Crippen molar-refractivity contribution in [1.29, 1.82) is 0 Å². The summed E-state index contributed by atoms with van der Waals surface area (Å²) in [6.07, 6.45) is 2.05. The normalized spacial score (nSPS) is 19.6. The molecule has 152 valence electrons. The van der Waals surface area contributed by atoms with E-state index in [4.69, 9.17) is 20.9 Å². The summed E-state index contributed by atoms with van der Waals surface area (Å²) in [6.45, 7) is 3.78. The van der Waals surface area contributed by atoms with Crippen LogP contribution in [0.15, 0.2) is 28.8 Å². The first kappa shape index (κ1) is 20.6. The maximum absolute atomic E-state index is 13.4. The Bertz CT molecular complexity index is 808. The molecule has 2 heterocycles. The van der Waals surface area contributed by atoms with Crippen LogP contribution < -0.4 is 5.32 Å². The van der Waals surface area contributed by atoms with Crippen LogP contribution in [0.5, 0.6) is 0 Å². The highest BCUT2D eigenvalue weighted by molar-refractivity contribution is 6.30. The summed E-state index contributed by atoms with van der Waals surface area (Å²) >= 11 is 5.98. The molecule has 2 N–H and O–H groups in total. The van der Waals surface area contributed by atoms with Gasteiger partial charge >= 0.3 is 0 Å². The Labute approximate surface area is 169 Å². The lowest BCUT2D eigenvalue weighted by atomic mass is 9.90. The smallest absolute Gasteiger partial charge is 0.261 e. The van der Waals surface area contributed by atoms with Crippen molar-refractivity contribution >= 4 is 23.3 Å². The van der Waals surface area contributed by atoms with Gasteiger partial charge in [-0.15, -0.1) is 0 Å². The Morgan fingerprint density at radius 1 is 1.43 bits per heavy atom. The number of β-amino-alcohol motifs (C(OH)–C–C–N with tert-alkyl or cyclic N) is 1. The highest BCUT2D eigenvalue weighted by Crippen LogP contribution is 2.33. The molecule has 8 heteroatoms. The SMILES string of the molecule is CCC1(O)CCCN(C(=O)c2c(NCCOC)noc2-c2ccc(Cl)cc2)C1. The third-order valence-corrected chi connectivity index (χ3v) is 5.36. The Morgan fingerprint density at radius 3 is 2.86 bits per heavy atom. The topological polar surface area (TPSA) is 87.8 Å². The van der Waals surface area contributed by atoms with E-state index >= 15 is 0 Å². The second-order valence-electron chi connectivity index (χ2n) is 7.07. The van der Waals surface area contributed by atoms with Crippen LogP contribution in [-0.4, -0.2) is 60.0 Å². The standard InChI is InChI=1S/C20H26ClN3O4/c1-3-20(26)9-4-11-24(13-20)19(25)16-17(14-5-7-15(21)8-6-14)28-23-18(16)22-10-12-27-2/h5-8,26H,3-4,9-13H2,1-2H3,(H,22,23). The summed E-state index contributed by atoms with van der Waals surface area (Å²) < 4.78 is 10.6. The van der Waals surface area contributed by atoms with Crippen molar-refractivity contribution in [1.82, 2.24) is 10.1 Å². The molecule has 0 radical (unpaired) electrons. The number of hydrogen-bond acceptors (Lipinski definition) is 6. The first-order valence-electron chi connectivity index (χ1n) is 9.47. The van der Waals surface area contributed by atoms with Crippen molar-refractivity contribution in [2.45, 2.75) is 31.8 Å². The minimum Gasteiger partial charge on any atom is -0.388 e. The van der Waals surface area contributed by atoms with Crippen LogP contribution in [-0.2, 0) is 4.74 Å². The molecule has 7 nitrogen and oxygen atoms in total. The van der Waals surface area contributed by atoms with Gasteiger partial charge in [0.2, 0.25) is 0 Å². The van der Waals surface area contributed by atoms with Gasteiger partial charge in [0.05, 0.1) is 12.2 Å². The number of hydrogen-bond donors (Lipinski definition) is 2. The van der Waals surface area contributed by atoms with E-state index in [9.17, 15) is 9.90 Å². The number of nitrogens with zero attached hydrogens (tertiary/aromatic N) is 2. The fraction of sp³-hybridized carbons (Fsp3) is 0.500. The molecule has 1 atom stereocenters. The number of carbonyl (C=O) groups excluding carboxylic acids is 1. The molecule has 2 aromatic rings. The van der Waals surface area contributed by atoms with Gasteiger partial charge in [0.25, 0.3) is 5.91 Å². The second-order valence-corrected chi connectivity index (χ2v) is 7.51. The number of benzene rings is 1. The summed E-state index contributed by atoms with van der Waals surface area (Å²) in [5.41, 5.74) is 0.219. The van der Waals surface area contributed by atoms with Gasteiger partial charge in [0.1, 0.15) is 5.56 Å². The Balaban J connectivity index is 1.94. The average molecular weight is 408 g/mol. The molecular weight excluding hydrogens is 382 g/mol. The zero-order valence-corrected chi connectivity index (χ0v) is 17.0. The number of halogens is 1. The molecule has 28 heavy (non-hydrogen) atoms. The lowest BCUT2D eigenvalue weighted by molar-refractivity contribution is -0.0269. The van der Waals surface area contributed by atoms with Gasteiger partial charge in [-0.3, -0.25) is 4.79 Å². The molecular formula is C20H26ClN3O4. The molecule has 0 bridgehead atoms. The minimum absolute atomic E-state index is 0.210. The second kappa shape index (κ2) is 8.94. The number of anilines is 1. The molecule has 1 unspecified atom stereocenters. The van der Waals surface area contributed by atoms with E-state index in [0.717, 1.165) is 6.42 Å². The van der Waals surface area contributed by atoms with Crippen LogP contribution >= 0.6 is 11.6 Å². The molecule has 1 aliphatic rings. The van der Waals surface area contributed by atoms with Crippen molar-refractivity contribution in [3.63, 3.8) is 0 Å². The molecule has 1 aliphatic heterocycles. The number of rotatable bonds is 7. The van der Waals surface area contributed by atoms with E-state index in [1.54, 1.807) is 36.3 Å². The van der Waals surface area contributed by atoms with Gasteiger partial charge in [-0.1, -0.05) is 23.7 Å². The lowest BCUT2D eigenvalue weighted by Crippen LogP contribution is -2.50. The van der Waals surface area contributed by atoms with Crippen LogP contribution in [0.2, 0.25) is 5.02 Å². The predicted molar refractivity (Wildman–Crippen MR) is 108 cm³/mol. The molecule has 1 aromatic heterocycles. The van der Waals surface area contributed by atoms with Crippen LogP contribution in [0.1, 0.15) is 36.5 Å². The third-order valence-electron chi connectivity index (χ3n) is 5.11. The summed E-state index contributed by atoms with van der Waals surface area (Å²) in [4.78, 5) is 15.1.